The average Bonchev–Trinajstić information content (AvgIpc) is 2.58. The third-order valence-electron chi connectivity index (χ3n) is 4.72. The van der Waals surface area contributed by atoms with Gasteiger partial charge in [0.05, 0.1) is 18.3 Å². The highest BCUT2D eigenvalue weighted by atomic mass is 19.2. The summed E-state index contributed by atoms with van der Waals surface area (Å²) in [7, 11) is 0. The Labute approximate surface area is 149 Å². The first-order chi connectivity index (χ1) is 12.4. The van der Waals surface area contributed by atoms with Gasteiger partial charge < -0.3 is 14.8 Å². The van der Waals surface area contributed by atoms with Crippen LogP contribution in [0.2, 0.25) is 0 Å². The smallest absolute Gasteiger partial charge is 0.325 e. The summed E-state index contributed by atoms with van der Waals surface area (Å²) in [5, 5.41) is 2.92. The Morgan fingerprint density at radius 3 is 2.85 bits per heavy atom. The molecule has 0 saturated carbocycles. The molecule has 7 heteroatoms. The molecule has 2 aromatic carbocycles. The number of nitrogens with zero attached hydrogens (tertiary/aromatic N) is 1. The molecule has 2 aliphatic rings. The summed E-state index contributed by atoms with van der Waals surface area (Å²) in [5.74, 6) is -0.849. The van der Waals surface area contributed by atoms with E-state index in [0.29, 0.717) is 24.5 Å². The van der Waals surface area contributed by atoms with Crippen LogP contribution in [0.4, 0.5) is 19.3 Å². The number of hydrogen-bond donors (Lipinski definition) is 1. The number of carbonyl (C=O) groups excluding carboxylic acids is 1. The molecule has 2 amide bonds. The maximum Gasteiger partial charge on any atom is 0.325 e. The van der Waals surface area contributed by atoms with Crippen molar-refractivity contribution in [2.45, 2.75) is 32.0 Å². The van der Waals surface area contributed by atoms with E-state index in [4.69, 9.17) is 9.47 Å². The normalized spacial score (nSPS) is 23.8. The van der Waals surface area contributed by atoms with Gasteiger partial charge in [-0.1, -0.05) is 12.1 Å². The Kier molecular flexibility index (Phi) is 3.75. The van der Waals surface area contributed by atoms with Crippen molar-refractivity contribution >= 4 is 11.7 Å². The molecule has 5 nitrogen and oxygen atoms in total. The molecule has 2 bridgehead atoms. The van der Waals surface area contributed by atoms with Crippen molar-refractivity contribution in [2.24, 2.45) is 0 Å². The summed E-state index contributed by atoms with van der Waals surface area (Å²) in [6.07, 6.45) is 0.459. The molecular formula is C19H18F2N2O3. The minimum Gasteiger partial charge on any atom is -0.490 e. The predicted molar refractivity (Wildman–Crippen MR) is 91.4 cm³/mol. The fourth-order valence-electron chi connectivity index (χ4n) is 3.64. The van der Waals surface area contributed by atoms with Gasteiger partial charge in [-0.3, -0.25) is 4.90 Å². The van der Waals surface area contributed by atoms with Crippen molar-refractivity contribution in [3.8, 4) is 11.5 Å². The largest absolute Gasteiger partial charge is 0.490 e. The van der Waals surface area contributed by atoms with E-state index >= 15 is 0 Å². The summed E-state index contributed by atoms with van der Waals surface area (Å²) in [6.45, 7) is 4.10. The summed E-state index contributed by atoms with van der Waals surface area (Å²) >= 11 is 0. The minimum absolute atomic E-state index is 0.222. The number of para-hydroxylation sites is 1. The molecule has 4 rings (SSSR count). The van der Waals surface area contributed by atoms with E-state index in [-0.39, 0.29) is 11.7 Å². The van der Waals surface area contributed by atoms with Crippen molar-refractivity contribution in [3.63, 3.8) is 0 Å². The lowest BCUT2D eigenvalue weighted by atomic mass is 9.90. The average molecular weight is 360 g/mol. The zero-order valence-corrected chi connectivity index (χ0v) is 14.4. The molecule has 0 spiro atoms. The van der Waals surface area contributed by atoms with E-state index in [2.05, 4.69) is 5.32 Å². The minimum atomic E-state index is -1.06. The van der Waals surface area contributed by atoms with Crippen LogP contribution in [0.3, 0.4) is 0 Å². The second-order valence-corrected chi connectivity index (χ2v) is 6.52. The van der Waals surface area contributed by atoms with Crippen LogP contribution in [0.25, 0.3) is 0 Å². The molecule has 0 unspecified atom stereocenters. The highest BCUT2D eigenvalue weighted by molar-refractivity contribution is 5.95. The Morgan fingerprint density at radius 2 is 2.12 bits per heavy atom. The van der Waals surface area contributed by atoms with Crippen LogP contribution in [0, 0.1) is 11.6 Å². The molecule has 0 aromatic heterocycles. The van der Waals surface area contributed by atoms with E-state index in [1.165, 1.54) is 11.0 Å². The molecule has 1 saturated heterocycles. The van der Waals surface area contributed by atoms with Crippen LogP contribution in [0.1, 0.15) is 31.9 Å². The molecule has 26 heavy (non-hydrogen) atoms. The number of hydrogen-bond acceptors (Lipinski definition) is 3. The number of amides is 2. The van der Waals surface area contributed by atoms with Crippen LogP contribution in [0.15, 0.2) is 36.4 Å². The lowest BCUT2D eigenvalue weighted by molar-refractivity contribution is 0.0343. The SMILES string of the molecule is CCOc1cccc2c1O[C@@]1(C)C[C@@H]2NC(=O)N1c1ccc(F)c(F)c1. The first kappa shape index (κ1) is 16.6. The van der Waals surface area contributed by atoms with Crippen molar-refractivity contribution in [1.82, 2.24) is 5.32 Å². The second-order valence-electron chi connectivity index (χ2n) is 6.52. The maximum absolute atomic E-state index is 13.7. The highest BCUT2D eigenvalue weighted by Crippen LogP contribution is 2.49. The molecule has 1 N–H and O–H groups in total. The standard InChI is InChI=1S/C19H18F2N2O3/c1-3-25-16-6-4-5-12-15-10-19(2,26-17(12)16)23(18(24)22-15)11-7-8-13(20)14(21)9-11/h4-9,15H,3,10H2,1-2H3,(H,22,24)/t15-,19-/m0/s1. The molecule has 2 aromatic rings. The van der Waals surface area contributed by atoms with Gasteiger partial charge in [-0.15, -0.1) is 0 Å². The monoisotopic (exact) mass is 360 g/mol. The summed E-state index contributed by atoms with van der Waals surface area (Å²) in [6, 6.07) is 8.21. The molecule has 136 valence electrons. The van der Waals surface area contributed by atoms with Crippen LogP contribution in [-0.2, 0) is 0 Å². The van der Waals surface area contributed by atoms with E-state index < -0.39 is 23.4 Å². The first-order valence-corrected chi connectivity index (χ1v) is 8.43. The molecule has 2 heterocycles. The zero-order chi connectivity index (χ0) is 18.5. The van der Waals surface area contributed by atoms with Crippen molar-refractivity contribution in [1.29, 1.82) is 0 Å². The van der Waals surface area contributed by atoms with E-state index in [0.717, 1.165) is 17.7 Å². The maximum atomic E-state index is 13.7. The first-order valence-electron chi connectivity index (χ1n) is 8.43. The highest BCUT2D eigenvalue weighted by Gasteiger charge is 2.50. The predicted octanol–water partition coefficient (Wildman–Crippen LogP) is 4.13. The van der Waals surface area contributed by atoms with Crippen LogP contribution in [0.5, 0.6) is 11.5 Å². The number of fused-ring (bicyclic) bond motifs is 4. The third kappa shape index (κ3) is 2.46. The quantitative estimate of drug-likeness (QED) is 0.895. The van der Waals surface area contributed by atoms with Gasteiger partial charge in [-0.2, -0.15) is 0 Å². The molecule has 0 aliphatic carbocycles. The van der Waals surface area contributed by atoms with Gasteiger partial charge in [-0.25, -0.2) is 13.6 Å². The number of carbonyl (C=O) groups is 1. The Balaban J connectivity index is 1.80. The fourth-order valence-corrected chi connectivity index (χ4v) is 3.64. The summed E-state index contributed by atoms with van der Waals surface area (Å²) in [4.78, 5) is 14.0. The summed E-state index contributed by atoms with van der Waals surface area (Å²) in [5.41, 5.74) is 0.00342. The van der Waals surface area contributed by atoms with Crippen LogP contribution < -0.4 is 19.7 Å². The molecule has 2 atom stereocenters. The van der Waals surface area contributed by atoms with Gasteiger partial charge in [0, 0.05) is 18.1 Å². The Morgan fingerprint density at radius 1 is 1.31 bits per heavy atom. The summed E-state index contributed by atoms with van der Waals surface area (Å²) < 4.78 is 38.9. The van der Waals surface area contributed by atoms with Crippen LogP contribution in [-0.4, -0.2) is 18.4 Å². The van der Waals surface area contributed by atoms with Gasteiger partial charge in [0.25, 0.3) is 0 Å². The fraction of sp³-hybridized carbons (Fsp3) is 0.316. The van der Waals surface area contributed by atoms with Crippen molar-refractivity contribution in [2.75, 3.05) is 11.5 Å². The van der Waals surface area contributed by atoms with Crippen LogP contribution >= 0.6 is 0 Å². The number of urea groups is 1. The van der Waals surface area contributed by atoms with E-state index in [1.54, 1.807) is 13.0 Å². The van der Waals surface area contributed by atoms with Crippen molar-refractivity contribution < 1.29 is 23.0 Å². The van der Waals surface area contributed by atoms with Gasteiger partial charge >= 0.3 is 6.03 Å². The molecule has 0 radical (unpaired) electrons. The molecule has 2 aliphatic heterocycles. The van der Waals surface area contributed by atoms with E-state index in [1.807, 2.05) is 19.1 Å². The molecule has 1 fully saturated rings. The number of anilines is 1. The molecular weight excluding hydrogens is 342 g/mol. The topological polar surface area (TPSA) is 50.8 Å². The lowest BCUT2D eigenvalue weighted by Crippen LogP contribution is -2.65. The second kappa shape index (κ2) is 5.86. The Hall–Kier alpha value is -2.83. The van der Waals surface area contributed by atoms with Crippen molar-refractivity contribution in [3.05, 3.63) is 53.6 Å². The number of benzene rings is 2. The van der Waals surface area contributed by atoms with Gasteiger partial charge in [-0.05, 0) is 32.0 Å². The number of nitrogens with one attached hydrogen (secondary N) is 1. The van der Waals surface area contributed by atoms with Gasteiger partial charge in [0.2, 0.25) is 0 Å². The van der Waals surface area contributed by atoms with E-state index in [9.17, 15) is 13.6 Å². The lowest BCUT2D eigenvalue weighted by Gasteiger charge is -2.50. The van der Waals surface area contributed by atoms with Gasteiger partial charge in [0.1, 0.15) is 0 Å². The third-order valence-corrected chi connectivity index (χ3v) is 4.72. The number of halogens is 2. The Bertz CT molecular complexity index is 889. The number of ether oxygens (including phenoxy) is 2. The van der Waals surface area contributed by atoms with Gasteiger partial charge in [0.15, 0.2) is 28.9 Å². The number of rotatable bonds is 3. The zero-order valence-electron chi connectivity index (χ0n) is 14.4.